The number of ether oxygens (including phenoxy) is 2. The first kappa shape index (κ1) is 19.5. The van der Waals surface area contributed by atoms with Crippen molar-refractivity contribution < 1.29 is 27.9 Å². The van der Waals surface area contributed by atoms with Crippen LogP contribution in [0.2, 0.25) is 0 Å². The molecule has 0 spiro atoms. The molecule has 0 radical (unpaired) electrons. The lowest BCUT2D eigenvalue weighted by molar-refractivity contribution is -0.0512. The highest BCUT2D eigenvalue weighted by Crippen LogP contribution is 2.32. The summed E-state index contributed by atoms with van der Waals surface area (Å²) in [6.07, 6.45) is 0. The van der Waals surface area contributed by atoms with Gasteiger partial charge in [-0.2, -0.15) is 13.8 Å². The average Bonchev–Trinajstić information content (AvgIpc) is 3.12. The molecule has 0 unspecified atom stereocenters. The Balaban J connectivity index is 1.64. The van der Waals surface area contributed by atoms with Crippen LogP contribution in [-0.4, -0.2) is 78.1 Å². The molecule has 1 aliphatic rings. The lowest BCUT2D eigenvalue weighted by atomic mass is 10.2. The molecule has 0 atom stereocenters. The van der Waals surface area contributed by atoms with Gasteiger partial charge in [-0.15, -0.1) is 0 Å². The van der Waals surface area contributed by atoms with Crippen molar-refractivity contribution in [3.63, 3.8) is 0 Å². The molecule has 1 aromatic carbocycles. The van der Waals surface area contributed by atoms with Crippen molar-refractivity contribution in [1.82, 2.24) is 19.9 Å². The smallest absolute Gasteiger partial charge is 0.387 e. The van der Waals surface area contributed by atoms with Crippen LogP contribution in [0, 0.1) is 0 Å². The maximum atomic E-state index is 12.4. The molecule has 0 aliphatic carbocycles. The summed E-state index contributed by atoms with van der Waals surface area (Å²) in [6, 6.07) is 4.49. The molecule has 27 heavy (non-hydrogen) atoms. The number of hydrogen-bond donors (Lipinski definition) is 1. The van der Waals surface area contributed by atoms with E-state index in [1.165, 1.54) is 19.2 Å². The van der Waals surface area contributed by atoms with E-state index < -0.39 is 6.61 Å². The van der Waals surface area contributed by atoms with E-state index in [-0.39, 0.29) is 18.1 Å². The van der Waals surface area contributed by atoms with E-state index in [1.807, 2.05) is 0 Å². The number of alkyl halides is 2. The molecule has 0 amide bonds. The monoisotopic (exact) mass is 384 g/mol. The number of aliphatic hydroxyl groups is 1. The molecule has 1 aromatic heterocycles. The zero-order valence-electron chi connectivity index (χ0n) is 15.0. The van der Waals surface area contributed by atoms with Crippen molar-refractivity contribution in [2.75, 3.05) is 46.4 Å². The molecule has 2 aromatic rings. The van der Waals surface area contributed by atoms with E-state index in [0.717, 1.165) is 26.2 Å². The fraction of sp³-hybridized carbons (Fsp3) is 0.529. The van der Waals surface area contributed by atoms with E-state index in [0.29, 0.717) is 30.4 Å². The molecule has 0 saturated carbocycles. The number of aliphatic hydroxyl groups excluding tert-OH is 1. The Labute approximate surface area is 155 Å². The van der Waals surface area contributed by atoms with Crippen LogP contribution in [0.25, 0.3) is 11.4 Å². The van der Waals surface area contributed by atoms with Gasteiger partial charge >= 0.3 is 6.61 Å². The van der Waals surface area contributed by atoms with Crippen molar-refractivity contribution in [3.8, 4) is 22.9 Å². The van der Waals surface area contributed by atoms with E-state index in [2.05, 4.69) is 24.7 Å². The van der Waals surface area contributed by atoms with Crippen LogP contribution in [0.4, 0.5) is 8.78 Å². The van der Waals surface area contributed by atoms with Gasteiger partial charge in [0.25, 0.3) is 0 Å². The summed E-state index contributed by atoms with van der Waals surface area (Å²) in [7, 11) is 1.37. The predicted octanol–water partition coefficient (Wildman–Crippen LogP) is 1.46. The number of piperazine rings is 1. The Morgan fingerprint density at radius 1 is 1.19 bits per heavy atom. The molecule has 3 rings (SSSR count). The van der Waals surface area contributed by atoms with Crippen LogP contribution in [0.1, 0.15) is 5.89 Å². The fourth-order valence-corrected chi connectivity index (χ4v) is 2.94. The van der Waals surface area contributed by atoms with Crippen LogP contribution in [0.15, 0.2) is 22.7 Å². The van der Waals surface area contributed by atoms with Crippen molar-refractivity contribution in [2.24, 2.45) is 0 Å². The second-order valence-electron chi connectivity index (χ2n) is 6.10. The highest BCUT2D eigenvalue weighted by atomic mass is 19.3. The molecule has 2 heterocycles. The van der Waals surface area contributed by atoms with Crippen LogP contribution < -0.4 is 9.47 Å². The molecule has 1 fully saturated rings. The summed E-state index contributed by atoms with van der Waals surface area (Å²) < 4.78 is 39.6. The summed E-state index contributed by atoms with van der Waals surface area (Å²) in [5, 5.41) is 12.9. The first-order valence-corrected chi connectivity index (χ1v) is 8.60. The second kappa shape index (κ2) is 9.07. The predicted molar refractivity (Wildman–Crippen MR) is 91.7 cm³/mol. The number of nitrogens with zero attached hydrogens (tertiary/aromatic N) is 4. The minimum atomic E-state index is -2.93. The average molecular weight is 384 g/mol. The van der Waals surface area contributed by atoms with Gasteiger partial charge in [-0.25, -0.2) is 0 Å². The number of β-amino-alcohol motifs (C(OH)–C–C–N with tert-alkyl or cyclic N) is 1. The molecule has 1 saturated heterocycles. The van der Waals surface area contributed by atoms with Crippen LogP contribution >= 0.6 is 0 Å². The number of aromatic nitrogens is 2. The summed E-state index contributed by atoms with van der Waals surface area (Å²) >= 11 is 0. The Bertz CT molecular complexity index is 735. The van der Waals surface area contributed by atoms with Gasteiger partial charge in [0.2, 0.25) is 11.7 Å². The summed E-state index contributed by atoms with van der Waals surface area (Å²) in [6.45, 7) is 1.91. The Kier molecular flexibility index (Phi) is 6.54. The molecular weight excluding hydrogens is 362 g/mol. The topological polar surface area (TPSA) is 84.1 Å². The van der Waals surface area contributed by atoms with Gasteiger partial charge in [0.15, 0.2) is 11.5 Å². The highest BCUT2D eigenvalue weighted by molar-refractivity contribution is 5.60. The van der Waals surface area contributed by atoms with Crippen LogP contribution in [0.3, 0.4) is 0 Å². The zero-order chi connectivity index (χ0) is 19.2. The Morgan fingerprint density at radius 3 is 2.59 bits per heavy atom. The lowest BCUT2D eigenvalue weighted by Crippen LogP contribution is -2.46. The SMILES string of the molecule is COc1cc(-c2noc(CN3CCN(CCO)CC3)n2)ccc1OC(F)F. The lowest BCUT2D eigenvalue weighted by Gasteiger charge is -2.33. The van der Waals surface area contributed by atoms with Gasteiger partial charge in [0, 0.05) is 38.3 Å². The van der Waals surface area contributed by atoms with Crippen molar-refractivity contribution in [1.29, 1.82) is 0 Å². The van der Waals surface area contributed by atoms with Gasteiger partial charge in [-0.3, -0.25) is 9.80 Å². The zero-order valence-corrected chi connectivity index (χ0v) is 15.0. The number of methoxy groups -OCH3 is 1. The molecule has 148 valence electrons. The molecule has 1 N–H and O–H groups in total. The van der Waals surface area contributed by atoms with Gasteiger partial charge in [-0.05, 0) is 18.2 Å². The summed E-state index contributed by atoms with van der Waals surface area (Å²) in [5.74, 6) is 0.943. The number of benzene rings is 1. The third kappa shape index (κ3) is 5.12. The summed E-state index contributed by atoms with van der Waals surface area (Å²) in [5.41, 5.74) is 0.580. The fourth-order valence-electron chi connectivity index (χ4n) is 2.94. The van der Waals surface area contributed by atoms with Crippen LogP contribution in [0.5, 0.6) is 11.5 Å². The van der Waals surface area contributed by atoms with Crippen molar-refractivity contribution >= 4 is 0 Å². The third-order valence-corrected chi connectivity index (χ3v) is 4.35. The quantitative estimate of drug-likeness (QED) is 0.732. The van der Waals surface area contributed by atoms with E-state index in [9.17, 15) is 8.78 Å². The van der Waals surface area contributed by atoms with Crippen LogP contribution in [-0.2, 0) is 6.54 Å². The number of halogens is 2. The summed E-state index contributed by atoms with van der Waals surface area (Å²) in [4.78, 5) is 8.78. The Morgan fingerprint density at radius 2 is 1.93 bits per heavy atom. The van der Waals surface area contributed by atoms with Gasteiger partial charge in [-0.1, -0.05) is 5.16 Å². The van der Waals surface area contributed by atoms with Gasteiger partial charge < -0.3 is 19.1 Å². The maximum Gasteiger partial charge on any atom is 0.387 e. The highest BCUT2D eigenvalue weighted by Gasteiger charge is 2.20. The number of hydrogen-bond acceptors (Lipinski definition) is 8. The first-order chi connectivity index (χ1) is 13.1. The molecule has 1 aliphatic heterocycles. The van der Waals surface area contributed by atoms with Crippen molar-refractivity contribution in [3.05, 3.63) is 24.1 Å². The minimum Gasteiger partial charge on any atom is -0.493 e. The standard InChI is InChI=1S/C17H22F2N4O4/c1-25-14-10-12(2-3-13(14)26-17(18)19)16-20-15(27-21-16)11-23-6-4-22(5-7-23)8-9-24/h2-3,10,17,24H,4-9,11H2,1H3. The third-order valence-electron chi connectivity index (χ3n) is 4.35. The van der Waals surface area contributed by atoms with Gasteiger partial charge in [0.05, 0.1) is 20.3 Å². The van der Waals surface area contributed by atoms with E-state index >= 15 is 0 Å². The largest absolute Gasteiger partial charge is 0.493 e. The normalized spacial score (nSPS) is 16.0. The van der Waals surface area contributed by atoms with E-state index in [4.69, 9.17) is 14.4 Å². The minimum absolute atomic E-state index is 0.0549. The number of rotatable bonds is 8. The molecule has 0 bridgehead atoms. The second-order valence-corrected chi connectivity index (χ2v) is 6.10. The van der Waals surface area contributed by atoms with E-state index in [1.54, 1.807) is 6.07 Å². The first-order valence-electron chi connectivity index (χ1n) is 8.60. The molecular formula is C17H22F2N4O4. The van der Waals surface area contributed by atoms with Gasteiger partial charge in [0.1, 0.15) is 0 Å². The molecule has 10 heteroatoms. The molecule has 8 nitrogen and oxygen atoms in total. The maximum absolute atomic E-state index is 12.4. The van der Waals surface area contributed by atoms with Crippen molar-refractivity contribution in [2.45, 2.75) is 13.2 Å². The Hall–Kier alpha value is -2.30.